The Morgan fingerprint density at radius 1 is 1.00 bits per heavy atom. The molecule has 3 rings (SSSR count). The number of nitrogens with one attached hydrogen (secondary N) is 1. The lowest BCUT2D eigenvalue weighted by Gasteiger charge is -2.26. The SMILES string of the molecule is c1ccc2cc(CNCCCN3CCOCC3)ccc2c1. The smallest absolute Gasteiger partial charge is 0.0594 e. The lowest BCUT2D eigenvalue weighted by atomic mass is 10.1. The highest BCUT2D eigenvalue weighted by Crippen LogP contribution is 2.15. The first-order chi connectivity index (χ1) is 10.4. The van der Waals surface area contributed by atoms with Gasteiger partial charge in [-0.25, -0.2) is 0 Å². The van der Waals surface area contributed by atoms with E-state index in [4.69, 9.17) is 4.74 Å². The maximum Gasteiger partial charge on any atom is 0.0594 e. The molecule has 0 aliphatic carbocycles. The van der Waals surface area contributed by atoms with Crippen LogP contribution in [0.25, 0.3) is 10.8 Å². The van der Waals surface area contributed by atoms with Crippen LogP contribution in [0.3, 0.4) is 0 Å². The van der Waals surface area contributed by atoms with E-state index in [1.165, 1.54) is 29.3 Å². The Hall–Kier alpha value is -1.42. The Kier molecular flexibility index (Phi) is 5.22. The van der Waals surface area contributed by atoms with Gasteiger partial charge in [-0.2, -0.15) is 0 Å². The average molecular weight is 284 g/mol. The highest BCUT2D eigenvalue weighted by Gasteiger charge is 2.08. The van der Waals surface area contributed by atoms with Gasteiger partial charge in [0.25, 0.3) is 0 Å². The molecule has 1 N–H and O–H groups in total. The number of ether oxygens (including phenoxy) is 1. The largest absolute Gasteiger partial charge is 0.379 e. The van der Waals surface area contributed by atoms with E-state index in [0.29, 0.717) is 0 Å². The summed E-state index contributed by atoms with van der Waals surface area (Å²) in [4.78, 5) is 2.49. The monoisotopic (exact) mass is 284 g/mol. The average Bonchev–Trinajstić information content (AvgIpc) is 2.55. The minimum Gasteiger partial charge on any atom is -0.379 e. The van der Waals surface area contributed by atoms with Gasteiger partial charge in [0, 0.05) is 19.6 Å². The van der Waals surface area contributed by atoms with Gasteiger partial charge in [-0.3, -0.25) is 4.90 Å². The lowest BCUT2D eigenvalue weighted by molar-refractivity contribution is 0.0374. The third-order valence-corrected chi connectivity index (χ3v) is 4.07. The van der Waals surface area contributed by atoms with Crippen molar-refractivity contribution in [2.75, 3.05) is 39.4 Å². The molecule has 0 saturated carbocycles. The molecule has 1 aliphatic rings. The van der Waals surface area contributed by atoms with Crippen LogP contribution in [0.1, 0.15) is 12.0 Å². The predicted molar refractivity (Wildman–Crippen MR) is 87.5 cm³/mol. The Morgan fingerprint density at radius 2 is 1.81 bits per heavy atom. The number of hydrogen-bond donors (Lipinski definition) is 1. The van der Waals surface area contributed by atoms with E-state index in [0.717, 1.165) is 39.4 Å². The summed E-state index contributed by atoms with van der Waals surface area (Å²) < 4.78 is 5.36. The minimum atomic E-state index is 0.893. The molecule has 2 aromatic carbocycles. The number of morpholine rings is 1. The maximum absolute atomic E-state index is 5.36. The zero-order chi connectivity index (χ0) is 14.3. The molecule has 0 bridgehead atoms. The summed E-state index contributed by atoms with van der Waals surface area (Å²) in [5.74, 6) is 0. The fourth-order valence-electron chi connectivity index (χ4n) is 2.83. The fourth-order valence-corrected chi connectivity index (χ4v) is 2.83. The Labute approximate surface area is 126 Å². The molecule has 1 fully saturated rings. The van der Waals surface area contributed by atoms with Gasteiger partial charge in [-0.15, -0.1) is 0 Å². The predicted octanol–water partition coefficient (Wildman–Crippen LogP) is 2.65. The van der Waals surface area contributed by atoms with Crippen molar-refractivity contribution in [3.63, 3.8) is 0 Å². The molecular formula is C18H24N2O. The highest BCUT2D eigenvalue weighted by molar-refractivity contribution is 5.82. The second kappa shape index (κ2) is 7.55. The number of benzene rings is 2. The normalized spacial score (nSPS) is 16.4. The van der Waals surface area contributed by atoms with Crippen molar-refractivity contribution < 1.29 is 4.74 Å². The van der Waals surface area contributed by atoms with Crippen LogP contribution in [0.15, 0.2) is 42.5 Å². The topological polar surface area (TPSA) is 24.5 Å². The fraction of sp³-hybridized carbons (Fsp3) is 0.444. The van der Waals surface area contributed by atoms with E-state index in [2.05, 4.69) is 52.7 Å². The van der Waals surface area contributed by atoms with E-state index < -0.39 is 0 Å². The number of rotatable bonds is 6. The van der Waals surface area contributed by atoms with E-state index in [1.807, 2.05) is 0 Å². The van der Waals surface area contributed by atoms with Crippen molar-refractivity contribution in [2.24, 2.45) is 0 Å². The van der Waals surface area contributed by atoms with Gasteiger partial charge in [0.2, 0.25) is 0 Å². The second-order valence-electron chi connectivity index (χ2n) is 5.67. The zero-order valence-corrected chi connectivity index (χ0v) is 12.6. The van der Waals surface area contributed by atoms with Crippen LogP contribution in [0, 0.1) is 0 Å². The van der Waals surface area contributed by atoms with Crippen LogP contribution in [0.4, 0.5) is 0 Å². The van der Waals surface area contributed by atoms with Crippen molar-refractivity contribution in [3.05, 3.63) is 48.0 Å². The first kappa shape index (κ1) is 14.5. The highest BCUT2D eigenvalue weighted by atomic mass is 16.5. The number of nitrogens with zero attached hydrogens (tertiary/aromatic N) is 1. The van der Waals surface area contributed by atoms with Gasteiger partial charge in [-0.05, 0) is 41.9 Å². The first-order valence-electron chi connectivity index (χ1n) is 7.90. The van der Waals surface area contributed by atoms with Gasteiger partial charge in [0.05, 0.1) is 13.2 Å². The zero-order valence-electron chi connectivity index (χ0n) is 12.6. The van der Waals surface area contributed by atoms with Crippen LogP contribution >= 0.6 is 0 Å². The van der Waals surface area contributed by atoms with E-state index in [-0.39, 0.29) is 0 Å². The molecule has 112 valence electrons. The summed E-state index contributed by atoms with van der Waals surface area (Å²) in [6.07, 6.45) is 1.20. The molecule has 0 aromatic heterocycles. The quantitative estimate of drug-likeness (QED) is 0.825. The summed E-state index contributed by atoms with van der Waals surface area (Å²) in [7, 11) is 0. The second-order valence-corrected chi connectivity index (χ2v) is 5.67. The summed E-state index contributed by atoms with van der Waals surface area (Å²) in [6.45, 7) is 7.16. The van der Waals surface area contributed by atoms with E-state index >= 15 is 0 Å². The molecule has 3 nitrogen and oxygen atoms in total. The van der Waals surface area contributed by atoms with Gasteiger partial charge in [0.15, 0.2) is 0 Å². The molecule has 0 radical (unpaired) electrons. The molecule has 2 aromatic rings. The van der Waals surface area contributed by atoms with Gasteiger partial charge in [0.1, 0.15) is 0 Å². The Morgan fingerprint density at radius 3 is 2.67 bits per heavy atom. The first-order valence-corrected chi connectivity index (χ1v) is 7.90. The molecular weight excluding hydrogens is 260 g/mol. The summed E-state index contributed by atoms with van der Waals surface area (Å²) in [6, 6.07) is 15.2. The van der Waals surface area contributed by atoms with Crippen molar-refractivity contribution in [1.82, 2.24) is 10.2 Å². The summed E-state index contributed by atoms with van der Waals surface area (Å²) >= 11 is 0. The third kappa shape index (κ3) is 4.27. The van der Waals surface area contributed by atoms with Crippen molar-refractivity contribution in [2.45, 2.75) is 13.0 Å². The van der Waals surface area contributed by atoms with E-state index in [1.54, 1.807) is 0 Å². The molecule has 0 atom stereocenters. The molecule has 0 unspecified atom stereocenters. The molecule has 1 aliphatic heterocycles. The third-order valence-electron chi connectivity index (χ3n) is 4.07. The summed E-state index contributed by atoms with van der Waals surface area (Å²) in [5, 5.41) is 6.19. The van der Waals surface area contributed by atoms with Crippen LogP contribution < -0.4 is 5.32 Å². The van der Waals surface area contributed by atoms with E-state index in [9.17, 15) is 0 Å². The standard InChI is InChI=1S/C18H24N2O/c1-2-5-18-14-16(6-7-17(18)4-1)15-19-8-3-9-20-10-12-21-13-11-20/h1-2,4-7,14,19H,3,8-13,15H2. The van der Waals surface area contributed by atoms with Crippen molar-refractivity contribution in [3.8, 4) is 0 Å². The number of fused-ring (bicyclic) bond motifs is 1. The summed E-state index contributed by atoms with van der Waals surface area (Å²) in [5.41, 5.74) is 1.36. The van der Waals surface area contributed by atoms with Gasteiger partial charge in [-0.1, -0.05) is 36.4 Å². The molecule has 0 spiro atoms. The van der Waals surface area contributed by atoms with Crippen LogP contribution in [0.5, 0.6) is 0 Å². The molecule has 0 amide bonds. The molecule has 1 saturated heterocycles. The molecule has 21 heavy (non-hydrogen) atoms. The lowest BCUT2D eigenvalue weighted by Crippen LogP contribution is -2.37. The number of hydrogen-bond acceptors (Lipinski definition) is 3. The Bertz CT molecular complexity index is 564. The molecule has 3 heteroatoms. The minimum absolute atomic E-state index is 0.893. The van der Waals surface area contributed by atoms with Crippen LogP contribution in [0.2, 0.25) is 0 Å². The van der Waals surface area contributed by atoms with Crippen LogP contribution in [-0.2, 0) is 11.3 Å². The van der Waals surface area contributed by atoms with Crippen molar-refractivity contribution >= 4 is 10.8 Å². The van der Waals surface area contributed by atoms with Gasteiger partial charge >= 0.3 is 0 Å². The van der Waals surface area contributed by atoms with Crippen LogP contribution in [-0.4, -0.2) is 44.3 Å². The Balaban J connectivity index is 1.39. The molecule has 1 heterocycles. The maximum atomic E-state index is 5.36. The van der Waals surface area contributed by atoms with Crippen molar-refractivity contribution in [1.29, 1.82) is 0 Å². The van der Waals surface area contributed by atoms with Gasteiger partial charge < -0.3 is 10.1 Å².